The predicted octanol–water partition coefficient (Wildman–Crippen LogP) is 0.819. The second-order valence-electron chi connectivity index (χ2n) is 2.70. The van der Waals surface area contributed by atoms with Crippen LogP contribution in [0, 0.1) is 6.92 Å². The van der Waals surface area contributed by atoms with E-state index in [1.54, 1.807) is 6.92 Å². The Bertz CT molecular complexity index is 408. The van der Waals surface area contributed by atoms with Crippen molar-refractivity contribution in [2.45, 2.75) is 13.3 Å². The Labute approximate surface area is 89.8 Å². The highest BCUT2D eigenvalue weighted by Gasteiger charge is 2.13. The molecule has 0 unspecified atom stereocenters. The molecular weight excluding hydrogens is 224 g/mol. The summed E-state index contributed by atoms with van der Waals surface area (Å²) in [6, 6.07) is 1.46. The molecule has 0 bridgehead atoms. The molecule has 0 aromatic carbocycles. The number of nitrogens with zero attached hydrogens (tertiary/aromatic N) is 2. The van der Waals surface area contributed by atoms with Crippen LogP contribution < -0.4 is 4.74 Å². The van der Waals surface area contributed by atoms with E-state index in [9.17, 15) is 9.59 Å². The zero-order chi connectivity index (χ0) is 11.4. The number of esters is 1. The number of ether oxygens (including phenoxy) is 1. The van der Waals surface area contributed by atoms with E-state index in [1.165, 1.54) is 6.07 Å². The van der Waals surface area contributed by atoms with Crippen molar-refractivity contribution in [3.8, 4) is 5.88 Å². The summed E-state index contributed by atoms with van der Waals surface area (Å²) in [5.41, 5.74) is 0.508. The smallest absolute Gasteiger partial charge is 0.323 e. The van der Waals surface area contributed by atoms with Gasteiger partial charge in [0.05, 0.1) is 0 Å². The Morgan fingerprint density at radius 1 is 1.53 bits per heavy atom. The highest BCUT2D eigenvalue weighted by atomic mass is 35.5. The van der Waals surface area contributed by atoms with Crippen molar-refractivity contribution in [1.29, 1.82) is 0 Å². The topological polar surface area (TPSA) is 89.4 Å². The van der Waals surface area contributed by atoms with Gasteiger partial charge < -0.3 is 9.84 Å². The van der Waals surface area contributed by atoms with E-state index < -0.39 is 18.4 Å². The molecule has 1 heterocycles. The van der Waals surface area contributed by atoms with E-state index in [-0.39, 0.29) is 11.0 Å². The third-order valence-corrected chi connectivity index (χ3v) is 1.60. The third-order valence-electron chi connectivity index (χ3n) is 1.42. The first kappa shape index (κ1) is 11.4. The summed E-state index contributed by atoms with van der Waals surface area (Å²) in [5, 5.41) is 15.5. The molecule has 0 radical (unpaired) electrons. The van der Waals surface area contributed by atoms with Crippen LogP contribution in [0.4, 0.5) is 0 Å². The number of hydrogen-bond acceptors (Lipinski definition) is 5. The van der Waals surface area contributed by atoms with Gasteiger partial charge in [-0.2, -0.15) is 0 Å². The Morgan fingerprint density at radius 2 is 2.20 bits per heavy atom. The molecule has 0 spiro atoms. The molecule has 1 aromatic heterocycles. The molecule has 15 heavy (non-hydrogen) atoms. The van der Waals surface area contributed by atoms with E-state index in [0.29, 0.717) is 5.56 Å². The summed E-state index contributed by atoms with van der Waals surface area (Å²) >= 11 is 5.53. The number of aromatic nitrogens is 2. The van der Waals surface area contributed by atoms with Gasteiger partial charge in [0.2, 0.25) is 5.88 Å². The minimum absolute atomic E-state index is 0.0364. The van der Waals surface area contributed by atoms with Crippen LogP contribution >= 0.6 is 11.6 Å². The van der Waals surface area contributed by atoms with Crippen molar-refractivity contribution < 1.29 is 19.4 Å². The Morgan fingerprint density at radius 3 is 2.73 bits per heavy atom. The van der Waals surface area contributed by atoms with E-state index in [1.807, 2.05) is 0 Å². The van der Waals surface area contributed by atoms with Crippen LogP contribution in [-0.2, 0) is 9.59 Å². The van der Waals surface area contributed by atoms with Crippen molar-refractivity contribution in [2.24, 2.45) is 0 Å². The van der Waals surface area contributed by atoms with Gasteiger partial charge in [-0.05, 0) is 13.0 Å². The summed E-state index contributed by atoms with van der Waals surface area (Å²) in [7, 11) is 0. The Balaban J connectivity index is 2.72. The number of halogens is 1. The molecule has 1 N–H and O–H groups in total. The summed E-state index contributed by atoms with van der Waals surface area (Å²) < 4.78 is 4.66. The normalized spacial score (nSPS) is 9.73. The quantitative estimate of drug-likeness (QED) is 0.611. The monoisotopic (exact) mass is 230 g/mol. The lowest BCUT2D eigenvalue weighted by molar-refractivity contribution is -0.145. The summed E-state index contributed by atoms with van der Waals surface area (Å²) in [5.74, 6) is -2.20. The number of aliphatic carboxylic acids is 1. The minimum Gasteiger partial charge on any atom is -0.481 e. The highest BCUT2D eigenvalue weighted by Crippen LogP contribution is 2.16. The summed E-state index contributed by atoms with van der Waals surface area (Å²) in [4.78, 5) is 21.1. The van der Waals surface area contributed by atoms with Crippen LogP contribution in [0.3, 0.4) is 0 Å². The largest absolute Gasteiger partial charge is 0.481 e. The summed E-state index contributed by atoms with van der Waals surface area (Å²) in [6.45, 7) is 1.62. The second kappa shape index (κ2) is 4.70. The van der Waals surface area contributed by atoms with Crippen LogP contribution in [0.1, 0.15) is 12.0 Å². The average molecular weight is 231 g/mol. The number of carbonyl (C=O) groups excluding carboxylic acids is 1. The van der Waals surface area contributed by atoms with Crippen LogP contribution in [0.15, 0.2) is 6.07 Å². The predicted molar refractivity (Wildman–Crippen MR) is 49.7 cm³/mol. The van der Waals surface area contributed by atoms with Crippen molar-refractivity contribution >= 4 is 23.5 Å². The number of rotatable bonds is 3. The molecular formula is C8H7ClN2O4. The van der Waals surface area contributed by atoms with Gasteiger partial charge in [-0.1, -0.05) is 11.6 Å². The molecule has 0 atom stereocenters. The third kappa shape index (κ3) is 3.51. The van der Waals surface area contributed by atoms with Crippen molar-refractivity contribution in [3.63, 3.8) is 0 Å². The molecule has 1 rings (SSSR count). The first-order valence-corrected chi connectivity index (χ1v) is 4.29. The maximum absolute atomic E-state index is 11.0. The molecule has 1 aromatic rings. The molecule has 0 aliphatic carbocycles. The number of aryl methyl sites for hydroxylation is 1. The summed E-state index contributed by atoms with van der Waals surface area (Å²) in [6.07, 6.45) is -0.719. The lowest BCUT2D eigenvalue weighted by Gasteiger charge is -2.03. The minimum atomic E-state index is -1.26. The van der Waals surface area contributed by atoms with Gasteiger partial charge in [0.1, 0.15) is 6.42 Å². The standard InChI is InChI=1S/C8H7ClN2O4/c1-4-2-5(9)10-11-8(4)15-7(14)3-6(12)13/h2H,3H2,1H3,(H,12,13). The fourth-order valence-electron chi connectivity index (χ4n) is 0.810. The van der Waals surface area contributed by atoms with Gasteiger partial charge in [0, 0.05) is 5.56 Å². The fourth-order valence-corrected chi connectivity index (χ4v) is 1.01. The van der Waals surface area contributed by atoms with Crippen molar-refractivity contribution in [2.75, 3.05) is 0 Å². The van der Waals surface area contributed by atoms with E-state index in [4.69, 9.17) is 16.7 Å². The second-order valence-corrected chi connectivity index (χ2v) is 3.09. The number of carboxylic acid groups (broad SMARTS) is 1. The van der Waals surface area contributed by atoms with Crippen LogP contribution in [0.2, 0.25) is 5.15 Å². The zero-order valence-electron chi connectivity index (χ0n) is 7.73. The molecule has 0 fully saturated rings. The van der Waals surface area contributed by atoms with Crippen molar-refractivity contribution in [1.82, 2.24) is 10.2 Å². The van der Waals surface area contributed by atoms with E-state index in [0.717, 1.165) is 0 Å². The van der Waals surface area contributed by atoms with Gasteiger partial charge >= 0.3 is 11.9 Å². The van der Waals surface area contributed by atoms with Crippen LogP contribution in [0.5, 0.6) is 5.88 Å². The lowest BCUT2D eigenvalue weighted by Crippen LogP contribution is -2.14. The average Bonchev–Trinajstić information content (AvgIpc) is 2.08. The molecule has 6 nitrogen and oxygen atoms in total. The van der Waals surface area contributed by atoms with Gasteiger partial charge in [-0.25, -0.2) is 0 Å². The van der Waals surface area contributed by atoms with E-state index in [2.05, 4.69) is 14.9 Å². The fraction of sp³-hybridized carbons (Fsp3) is 0.250. The molecule has 0 aliphatic rings. The first-order valence-electron chi connectivity index (χ1n) is 3.91. The maximum Gasteiger partial charge on any atom is 0.323 e. The first-order chi connectivity index (χ1) is 6.99. The van der Waals surface area contributed by atoms with Crippen LogP contribution in [0.25, 0.3) is 0 Å². The molecule has 7 heteroatoms. The van der Waals surface area contributed by atoms with Gasteiger partial charge in [-0.3, -0.25) is 9.59 Å². The van der Waals surface area contributed by atoms with Crippen LogP contribution in [-0.4, -0.2) is 27.2 Å². The van der Waals surface area contributed by atoms with E-state index >= 15 is 0 Å². The Hall–Kier alpha value is -1.69. The van der Waals surface area contributed by atoms with Crippen molar-refractivity contribution in [3.05, 3.63) is 16.8 Å². The highest BCUT2D eigenvalue weighted by molar-refractivity contribution is 6.29. The lowest BCUT2D eigenvalue weighted by atomic mass is 10.3. The molecule has 0 aliphatic heterocycles. The molecule has 0 saturated heterocycles. The molecule has 0 amide bonds. The SMILES string of the molecule is Cc1cc(Cl)nnc1OC(=O)CC(=O)O. The number of carbonyl (C=O) groups is 2. The number of hydrogen-bond donors (Lipinski definition) is 1. The van der Waals surface area contributed by atoms with Gasteiger partial charge in [0.25, 0.3) is 0 Å². The maximum atomic E-state index is 11.0. The molecule has 0 saturated carbocycles. The Kier molecular flexibility index (Phi) is 3.56. The van der Waals surface area contributed by atoms with Gasteiger partial charge in [0.15, 0.2) is 5.15 Å². The zero-order valence-corrected chi connectivity index (χ0v) is 8.48. The number of carboxylic acids is 1. The molecule has 80 valence electrons. The van der Waals surface area contributed by atoms with Gasteiger partial charge in [-0.15, -0.1) is 10.2 Å².